The molecule has 0 unspecified atom stereocenters. The van der Waals surface area contributed by atoms with E-state index in [0.717, 1.165) is 11.1 Å². The molecule has 0 aromatic heterocycles. The molecule has 1 amide bonds. The van der Waals surface area contributed by atoms with Gasteiger partial charge in [-0.05, 0) is 12.5 Å². The van der Waals surface area contributed by atoms with Gasteiger partial charge in [-0.15, -0.1) is 0 Å². The van der Waals surface area contributed by atoms with Gasteiger partial charge in [0.05, 0.1) is 18.9 Å². The maximum atomic E-state index is 11.5. The van der Waals surface area contributed by atoms with Crippen molar-refractivity contribution in [3.63, 3.8) is 0 Å². The monoisotopic (exact) mass is 260 g/mol. The van der Waals surface area contributed by atoms with E-state index in [-0.39, 0.29) is 26.0 Å². The zero-order valence-electron chi connectivity index (χ0n) is 10.8. The summed E-state index contributed by atoms with van der Waals surface area (Å²) >= 11 is 0. The minimum Gasteiger partial charge on any atom is -0.455 e. The Morgan fingerprint density at radius 3 is 2.63 bits per heavy atom. The molecule has 0 aliphatic carbocycles. The minimum atomic E-state index is -0.445. The van der Waals surface area contributed by atoms with Crippen LogP contribution in [0.25, 0.3) is 0 Å². The molecule has 0 heterocycles. The number of nitrogens with zero attached hydrogens (tertiary/aromatic N) is 1. The van der Waals surface area contributed by atoms with Crippen LogP contribution < -0.4 is 5.32 Å². The van der Waals surface area contributed by atoms with Gasteiger partial charge in [-0.3, -0.25) is 9.59 Å². The van der Waals surface area contributed by atoms with Crippen molar-refractivity contribution >= 4 is 11.9 Å². The van der Waals surface area contributed by atoms with E-state index >= 15 is 0 Å². The molecular formula is C14H16N2O3. The fourth-order valence-corrected chi connectivity index (χ4v) is 1.38. The van der Waals surface area contributed by atoms with E-state index < -0.39 is 11.9 Å². The second kappa shape index (κ2) is 7.88. The third-order valence-corrected chi connectivity index (χ3v) is 2.39. The fraction of sp³-hybridized carbons (Fsp3) is 0.357. The molecule has 0 aliphatic rings. The van der Waals surface area contributed by atoms with Crippen molar-refractivity contribution in [3.8, 4) is 6.07 Å². The van der Waals surface area contributed by atoms with E-state index in [0.29, 0.717) is 0 Å². The summed E-state index contributed by atoms with van der Waals surface area (Å²) in [5.74, 6) is -0.841. The number of amides is 1. The summed E-state index contributed by atoms with van der Waals surface area (Å²) in [5.41, 5.74) is 1.97. The Balaban J connectivity index is 2.26. The van der Waals surface area contributed by atoms with Gasteiger partial charge in [-0.1, -0.05) is 29.8 Å². The van der Waals surface area contributed by atoms with Crippen molar-refractivity contribution in [2.24, 2.45) is 0 Å². The summed E-state index contributed by atoms with van der Waals surface area (Å²) in [4.78, 5) is 22.7. The molecule has 0 aliphatic heterocycles. The standard InChI is InChI=1S/C14H16N2O3/c1-11-3-5-12(6-4-11)9-14(18)19-10-13(17)16-8-2-7-15/h3-6H,2,8-10H2,1H3,(H,16,17). The zero-order valence-corrected chi connectivity index (χ0v) is 10.8. The molecule has 0 saturated heterocycles. The van der Waals surface area contributed by atoms with Gasteiger partial charge < -0.3 is 10.1 Å². The van der Waals surface area contributed by atoms with Gasteiger partial charge in [-0.2, -0.15) is 5.26 Å². The maximum absolute atomic E-state index is 11.5. The van der Waals surface area contributed by atoms with Crippen LogP contribution in [-0.4, -0.2) is 25.0 Å². The second-order valence-electron chi connectivity index (χ2n) is 4.08. The van der Waals surface area contributed by atoms with Crippen LogP contribution in [0.1, 0.15) is 17.5 Å². The molecule has 0 atom stereocenters. The first-order valence-corrected chi connectivity index (χ1v) is 5.96. The Kier molecular flexibility index (Phi) is 6.10. The van der Waals surface area contributed by atoms with E-state index in [1.807, 2.05) is 37.3 Å². The summed E-state index contributed by atoms with van der Waals surface area (Å²) < 4.78 is 4.83. The highest BCUT2D eigenvalue weighted by molar-refractivity contribution is 5.81. The lowest BCUT2D eigenvalue weighted by atomic mass is 10.1. The molecule has 0 radical (unpaired) electrons. The predicted octanol–water partition coefficient (Wildman–Crippen LogP) is 1.11. The number of hydrogen-bond donors (Lipinski definition) is 1. The van der Waals surface area contributed by atoms with Gasteiger partial charge in [0.25, 0.3) is 5.91 Å². The molecule has 1 aromatic carbocycles. The van der Waals surface area contributed by atoms with Gasteiger partial charge in [-0.25, -0.2) is 0 Å². The molecule has 19 heavy (non-hydrogen) atoms. The molecule has 1 N–H and O–H groups in total. The minimum absolute atomic E-state index is 0.145. The molecule has 1 rings (SSSR count). The Hall–Kier alpha value is -2.35. The number of esters is 1. The number of aryl methyl sites for hydroxylation is 1. The van der Waals surface area contributed by atoms with Crippen molar-refractivity contribution in [1.29, 1.82) is 5.26 Å². The van der Waals surface area contributed by atoms with E-state index in [2.05, 4.69) is 5.32 Å². The maximum Gasteiger partial charge on any atom is 0.310 e. The summed E-state index contributed by atoms with van der Waals surface area (Å²) in [6.45, 7) is 1.93. The number of nitrogens with one attached hydrogen (secondary N) is 1. The van der Waals surface area contributed by atoms with Crippen LogP contribution in [0.4, 0.5) is 0 Å². The molecule has 1 aromatic rings. The van der Waals surface area contributed by atoms with Crippen LogP contribution in [-0.2, 0) is 20.7 Å². The molecular weight excluding hydrogens is 244 g/mol. The smallest absolute Gasteiger partial charge is 0.310 e. The van der Waals surface area contributed by atoms with Crippen LogP contribution in [0.2, 0.25) is 0 Å². The van der Waals surface area contributed by atoms with Crippen molar-refractivity contribution in [2.45, 2.75) is 19.8 Å². The number of benzene rings is 1. The third-order valence-electron chi connectivity index (χ3n) is 2.39. The summed E-state index contributed by atoms with van der Waals surface area (Å²) in [6.07, 6.45) is 0.384. The average Bonchev–Trinajstić information content (AvgIpc) is 2.39. The van der Waals surface area contributed by atoms with Crippen molar-refractivity contribution in [2.75, 3.05) is 13.2 Å². The van der Waals surface area contributed by atoms with Crippen LogP contribution >= 0.6 is 0 Å². The lowest BCUT2D eigenvalue weighted by Crippen LogP contribution is -2.29. The largest absolute Gasteiger partial charge is 0.455 e. The van der Waals surface area contributed by atoms with E-state index in [1.165, 1.54) is 0 Å². The highest BCUT2D eigenvalue weighted by Gasteiger charge is 2.08. The molecule has 0 saturated carbocycles. The van der Waals surface area contributed by atoms with Gasteiger partial charge in [0.15, 0.2) is 6.61 Å². The first-order valence-electron chi connectivity index (χ1n) is 5.96. The number of hydrogen-bond acceptors (Lipinski definition) is 4. The lowest BCUT2D eigenvalue weighted by Gasteiger charge is -2.05. The van der Waals surface area contributed by atoms with E-state index in [4.69, 9.17) is 10.00 Å². The van der Waals surface area contributed by atoms with Crippen LogP contribution in [0, 0.1) is 18.3 Å². The van der Waals surface area contributed by atoms with E-state index in [1.54, 1.807) is 0 Å². The molecule has 100 valence electrons. The van der Waals surface area contributed by atoms with Gasteiger partial charge in [0, 0.05) is 6.54 Å². The molecule has 5 nitrogen and oxygen atoms in total. The number of ether oxygens (including phenoxy) is 1. The van der Waals surface area contributed by atoms with Crippen LogP contribution in [0.15, 0.2) is 24.3 Å². The Morgan fingerprint density at radius 2 is 2.00 bits per heavy atom. The number of carbonyl (C=O) groups is 2. The van der Waals surface area contributed by atoms with E-state index in [9.17, 15) is 9.59 Å². The average molecular weight is 260 g/mol. The van der Waals surface area contributed by atoms with Gasteiger partial charge in [0.2, 0.25) is 0 Å². The third kappa shape index (κ3) is 6.22. The van der Waals surface area contributed by atoms with Crippen LogP contribution in [0.5, 0.6) is 0 Å². The first kappa shape index (κ1) is 14.7. The molecule has 0 bridgehead atoms. The normalized spacial score (nSPS) is 9.47. The Bertz CT molecular complexity index is 474. The zero-order chi connectivity index (χ0) is 14.1. The second-order valence-corrected chi connectivity index (χ2v) is 4.08. The van der Waals surface area contributed by atoms with Gasteiger partial charge in [0.1, 0.15) is 0 Å². The Morgan fingerprint density at radius 1 is 1.32 bits per heavy atom. The van der Waals surface area contributed by atoms with Gasteiger partial charge >= 0.3 is 5.97 Å². The van der Waals surface area contributed by atoms with Crippen LogP contribution in [0.3, 0.4) is 0 Å². The topological polar surface area (TPSA) is 79.2 Å². The summed E-state index contributed by atoms with van der Waals surface area (Å²) in [5, 5.41) is 10.8. The van der Waals surface area contributed by atoms with Crippen molar-refractivity contribution in [3.05, 3.63) is 35.4 Å². The molecule has 0 spiro atoms. The quantitative estimate of drug-likeness (QED) is 0.614. The SMILES string of the molecule is Cc1ccc(CC(=O)OCC(=O)NCCC#N)cc1. The number of rotatable bonds is 6. The summed E-state index contributed by atoms with van der Waals surface area (Å²) in [6, 6.07) is 9.43. The predicted molar refractivity (Wildman–Crippen MR) is 69.1 cm³/mol. The molecule has 0 fully saturated rings. The number of carbonyl (C=O) groups excluding carboxylic acids is 2. The van der Waals surface area contributed by atoms with Crippen molar-refractivity contribution in [1.82, 2.24) is 5.32 Å². The van der Waals surface area contributed by atoms with Crippen molar-refractivity contribution < 1.29 is 14.3 Å². The highest BCUT2D eigenvalue weighted by atomic mass is 16.5. The Labute approximate surface area is 112 Å². The summed E-state index contributed by atoms with van der Waals surface area (Å²) in [7, 11) is 0. The lowest BCUT2D eigenvalue weighted by molar-refractivity contribution is -0.147. The first-order chi connectivity index (χ1) is 9.11. The number of nitriles is 1. The molecule has 5 heteroatoms. The fourth-order valence-electron chi connectivity index (χ4n) is 1.38. The highest BCUT2D eigenvalue weighted by Crippen LogP contribution is 2.04.